The smallest absolute Gasteiger partial charge is 0.252 e. The molecule has 1 fully saturated rings. The molecule has 148 valence electrons. The minimum absolute atomic E-state index is 0.0641. The van der Waals surface area contributed by atoms with Crippen LogP contribution in [0.25, 0.3) is 0 Å². The van der Waals surface area contributed by atoms with Crippen LogP contribution in [0.15, 0.2) is 36.7 Å². The zero-order valence-corrected chi connectivity index (χ0v) is 16.0. The summed E-state index contributed by atoms with van der Waals surface area (Å²) in [7, 11) is 1.64. The molecule has 4 rings (SSSR count). The number of rotatable bonds is 6. The Morgan fingerprint density at radius 1 is 1.39 bits per heavy atom. The number of likely N-dealkylation sites (tertiary alicyclic amines) is 1. The lowest BCUT2D eigenvalue weighted by Gasteiger charge is -2.33. The standard InChI is InChI=1S/C21H25N3O4/c1-26-18-8-16(9-19-20(18)28-14-27-19)13-24-7-3-4-15(12-24)10-23-21(25)17-5-2-6-22-11-17/h2,5-6,8-9,11,15H,3-4,7,10,12-14H2,1H3,(H,23,25). The number of amides is 1. The maximum absolute atomic E-state index is 12.2. The molecule has 1 N–H and O–H groups in total. The number of benzene rings is 1. The molecular formula is C21H25N3O4. The van der Waals surface area contributed by atoms with E-state index in [1.807, 2.05) is 12.1 Å². The summed E-state index contributed by atoms with van der Waals surface area (Å²) in [6, 6.07) is 7.60. The predicted octanol–water partition coefficient (Wildman–Crippen LogP) is 2.46. The van der Waals surface area contributed by atoms with Crippen LogP contribution < -0.4 is 19.5 Å². The molecule has 2 aliphatic rings. The fourth-order valence-corrected chi connectivity index (χ4v) is 3.83. The van der Waals surface area contributed by atoms with Crippen LogP contribution in [0.3, 0.4) is 0 Å². The molecule has 1 amide bonds. The van der Waals surface area contributed by atoms with Gasteiger partial charge < -0.3 is 19.5 Å². The second kappa shape index (κ2) is 8.48. The van der Waals surface area contributed by atoms with Crippen LogP contribution >= 0.6 is 0 Å². The topological polar surface area (TPSA) is 72.9 Å². The minimum atomic E-state index is -0.0641. The van der Waals surface area contributed by atoms with E-state index in [-0.39, 0.29) is 12.7 Å². The van der Waals surface area contributed by atoms with Crippen molar-refractivity contribution >= 4 is 5.91 Å². The van der Waals surface area contributed by atoms with Crippen LogP contribution in [-0.2, 0) is 6.54 Å². The summed E-state index contributed by atoms with van der Waals surface area (Å²) in [6.45, 7) is 3.72. The minimum Gasteiger partial charge on any atom is -0.493 e. The number of piperidine rings is 1. The van der Waals surface area contributed by atoms with Crippen LogP contribution in [-0.4, -0.2) is 49.3 Å². The zero-order valence-electron chi connectivity index (χ0n) is 16.0. The van der Waals surface area contributed by atoms with Crippen LogP contribution in [0, 0.1) is 5.92 Å². The van der Waals surface area contributed by atoms with E-state index in [4.69, 9.17) is 14.2 Å². The molecule has 0 saturated carbocycles. The molecule has 1 unspecified atom stereocenters. The van der Waals surface area contributed by atoms with Crippen molar-refractivity contribution in [3.8, 4) is 17.2 Å². The first kappa shape index (κ1) is 18.6. The van der Waals surface area contributed by atoms with Gasteiger partial charge in [-0.1, -0.05) is 0 Å². The highest BCUT2D eigenvalue weighted by Crippen LogP contribution is 2.42. The number of pyridine rings is 1. The van der Waals surface area contributed by atoms with E-state index < -0.39 is 0 Å². The van der Waals surface area contributed by atoms with Crippen molar-refractivity contribution in [1.82, 2.24) is 15.2 Å². The van der Waals surface area contributed by atoms with E-state index in [9.17, 15) is 4.79 Å². The van der Waals surface area contributed by atoms with Gasteiger partial charge in [0.05, 0.1) is 12.7 Å². The number of hydrogen-bond acceptors (Lipinski definition) is 6. The lowest BCUT2D eigenvalue weighted by Crippen LogP contribution is -2.40. The molecule has 2 aromatic rings. The van der Waals surface area contributed by atoms with Crippen molar-refractivity contribution in [2.24, 2.45) is 5.92 Å². The van der Waals surface area contributed by atoms with Crippen LogP contribution in [0.2, 0.25) is 0 Å². The molecule has 1 aromatic carbocycles. The lowest BCUT2D eigenvalue weighted by molar-refractivity contribution is 0.0930. The molecule has 1 saturated heterocycles. The number of methoxy groups -OCH3 is 1. The summed E-state index contributed by atoms with van der Waals surface area (Å²) < 4.78 is 16.4. The zero-order chi connectivity index (χ0) is 19.3. The molecule has 0 spiro atoms. The summed E-state index contributed by atoms with van der Waals surface area (Å²) in [5, 5.41) is 3.04. The molecule has 0 bridgehead atoms. The molecule has 1 aromatic heterocycles. The number of nitrogens with one attached hydrogen (secondary N) is 1. The fraction of sp³-hybridized carbons (Fsp3) is 0.429. The first-order valence-electron chi connectivity index (χ1n) is 9.60. The number of ether oxygens (including phenoxy) is 3. The number of nitrogens with zero attached hydrogens (tertiary/aromatic N) is 2. The molecule has 7 heteroatoms. The number of hydrogen-bond donors (Lipinski definition) is 1. The van der Waals surface area contributed by atoms with Crippen molar-refractivity contribution in [1.29, 1.82) is 0 Å². The molecule has 1 atom stereocenters. The third-order valence-electron chi connectivity index (χ3n) is 5.20. The highest BCUT2D eigenvalue weighted by Gasteiger charge is 2.24. The van der Waals surface area contributed by atoms with Gasteiger partial charge in [0.15, 0.2) is 11.5 Å². The second-order valence-corrected chi connectivity index (χ2v) is 7.23. The molecule has 0 aliphatic carbocycles. The Hall–Kier alpha value is -2.80. The summed E-state index contributed by atoms with van der Waals surface area (Å²) in [5.41, 5.74) is 1.74. The molecule has 3 heterocycles. The van der Waals surface area contributed by atoms with Gasteiger partial charge in [0.25, 0.3) is 5.91 Å². The normalized spacial score (nSPS) is 18.7. The number of aromatic nitrogens is 1. The Balaban J connectivity index is 1.34. The molecule has 28 heavy (non-hydrogen) atoms. The molecule has 7 nitrogen and oxygen atoms in total. The van der Waals surface area contributed by atoms with Gasteiger partial charge in [0.1, 0.15) is 0 Å². The van der Waals surface area contributed by atoms with Gasteiger partial charge in [0, 0.05) is 32.0 Å². The van der Waals surface area contributed by atoms with Gasteiger partial charge in [-0.25, -0.2) is 0 Å². The van der Waals surface area contributed by atoms with Crippen molar-refractivity contribution in [3.63, 3.8) is 0 Å². The monoisotopic (exact) mass is 383 g/mol. The van der Waals surface area contributed by atoms with Gasteiger partial charge in [-0.05, 0) is 55.1 Å². The number of carbonyl (C=O) groups excluding carboxylic acids is 1. The second-order valence-electron chi connectivity index (χ2n) is 7.23. The van der Waals surface area contributed by atoms with Gasteiger partial charge in [-0.15, -0.1) is 0 Å². The first-order chi connectivity index (χ1) is 13.7. The Labute approximate surface area is 164 Å². The summed E-state index contributed by atoms with van der Waals surface area (Å²) in [5.74, 6) is 2.51. The highest BCUT2D eigenvalue weighted by atomic mass is 16.7. The third kappa shape index (κ3) is 4.20. The van der Waals surface area contributed by atoms with E-state index in [1.54, 1.807) is 31.6 Å². The molecule has 2 aliphatic heterocycles. The number of fused-ring (bicyclic) bond motifs is 1. The van der Waals surface area contributed by atoms with Crippen LogP contribution in [0.1, 0.15) is 28.8 Å². The van der Waals surface area contributed by atoms with E-state index >= 15 is 0 Å². The van der Waals surface area contributed by atoms with Crippen LogP contribution in [0.5, 0.6) is 17.2 Å². The maximum Gasteiger partial charge on any atom is 0.252 e. The van der Waals surface area contributed by atoms with E-state index in [2.05, 4.69) is 15.2 Å². The van der Waals surface area contributed by atoms with Crippen LogP contribution in [0.4, 0.5) is 0 Å². The van der Waals surface area contributed by atoms with Gasteiger partial charge >= 0.3 is 0 Å². The highest BCUT2D eigenvalue weighted by molar-refractivity contribution is 5.93. The van der Waals surface area contributed by atoms with Gasteiger partial charge in [0.2, 0.25) is 12.5 Å². The maximum atomic E-state index is 12.2. The van der Waals surface area contributed by atoms with Crippen molar-refractivity contribution in [2.45, 2.75) is 19.4 Å². The molecule has 0 radical (unpaired) electrons. The third-order valence-corrected chi connectivity index (χ3v) is 5.20. The SMILES string of the molecule is COc1cc(CN2CCCC(CNC(=O)c3cccnc3)C2)cc2c1OCO2. The van der Waals surface area contributed by atoms with E-state index in [0.29, 0.717) is 29.5 Å². The largest absolute Gasteiger partial charge is 0.493 e. The predicted molar refractivity (Wildman–Crippen MR) is 104 cm³/mol. The average Bonchev–Trinajstić information content (AvgIpc) is 3.21. The Morgan fingerprint density at radius 3 is 3.14 bits per heavy atom. The van der Waals surface area contributed by atoms with E-state index in [1.165, 1.54) is 0 Å². The molecular weight excluding hydrogens is 358 g/mol. The Kier molecular flexibility index (Phi) is 5.62. The van der Waals surface area contributed by atoms with Gasteiger partial charge in [-0.3, -0.25) is 14.7 Å². The quantitative estimate of drug-likeness (QED) is 0.826. The Bertz CT molecular complexity index is 828. The van der Waals surface area contributed by atoms with Crippen molar-refractivity contribution < 1.29 is 19.0 Å². The van der Waals surface area contributed by atoms with Gasteiger partial charge in [-0.2, -0.15) is 0 Å². The summed E-state index contributed by atoms with van der Waals surface area (Å²) in [4.78, 5) is 18.7. The number of carbonyl (C=O) groups is 1. The van der Waals surface area contributed by atoms with Crippen molar-refractivity contribution in [2.75, 3.05) is 33.5 Å². The average molecular weight is 383 g/mol. The first-order valence-corrected chi connectivity index (χ1v) is 9.60. The fourth-order valence-electron chi connectivity index (χ4n) is 3.83. The summed E-state index contributed by atoms with van der Waals surface area (Å²) >= 11 is 0. The lowest BCUT2D eigenvalue weighted by atomic mass is 9.97. The van der Waals surface area contributed by atoms with Crippen molar-refractivity contribution in [3.05, 3.63) is 47.8 Å². The summed E-state index contributed by atoms with van der Waals surface area (Å²) in [6.07, 6.45) is 5.50. The van der Waals surface area contributed by atoms with E-state index in [0.717, 1.165) is 43.8 Å². The Morgan fingerprint density at radius 2 is 2.32 bits per heavy atom.